The van der Waals surface area contributed by atoms with Crippen LogP contribution in [0.15, 0.2) is 35.7 Å². The molecule has 0 radical (unpaired) electrons. The van der Waals surface area contributed by atoms with E-state index in [0.717, 1.165) is 0 Å². The Bertz CT molecular complexity index is 846. The monoisotopic (exact) mass is 377 g/mol. The molecule has 0 aromatic heterocycles. The fraction of sp³-hybridized carbons (Fsp3) is 0.357. The number of carbonyl (C=O) groups is 1. The molecule has 1 heterocycles. The normalized spacial score (nSPS) is 20.1. The summed E-state index contributed by atoms with van der Waals surface area (Å²) in [5.41, 5.74) is 0.0236. The van der Waals surface area contributed by atoms with Gasteiger partial charge in [0.15, 0.2) is 19.7 Å². The van der Waals surface area contributed by atoms with Crippen LogP contribution in [0.5, 0.6) is 0 Å². The molecule has 6 nitrogen and oxygen atoms in total. The lowest BCUT2D eigenvalue weighted by Crippen LogP contribution is -2.25. The molecule has 126 valence electrons. The largest absolute Gasteiger partial charge is 0.349 e. The summed E-state index contributed by atoms with van der Waals surface area (Å²) < 4.78 is 48.1. The Morgan fingerprint density at radius 1 is 1.43 bits per heavy atom. The zero-order valence-corrected chi connectivity index (χ0v) is 14.5. The second kappa shape index (κ2) is 6.62. The van der Waals surface area contributed by atoms with Gasteiger partial charge >= 0.3 is 0 Å². The second-order valence-electron chi connectivity index (χ2n) is 5.21. The van der Waals surface area contributed by atoms with Crippen molar-refractivity contribution in [3.63, 3.8) is 0 Å². The third-order valence-corrected chi connectivity index (χ3v) is 8.05. The standard InChI is InChI=1S/C14H16ClNO5S2/c1-2-6-16-14(17)12-8-10(3-4-13(12)15)23(20,21)11-5-7-22(18,19)9-11/h2-4,8,11H,1,5-7,9H2,(H,16,17). The summed E-state index contributed by atoms with van der Waals surface area (Å²) in [4.78, 5) is 11.9. The summed E-state index contributed by atoms with van der Waals surface area (Å²) in [5.74, 6) is -1.06. The predicted octanol–water partition coefficient (Wildman–Crippen LogP) is 1.22. The molecule has 1 aromatic carbocycles. The molecule has 23 heavy (non-hydrogen) atoms. The topological polar surface area (TPSA) is 97.4 Å². The first-order chi connectivity index (χ1) is 10.7. The molecule has 1 aliphatic rings. The lowest BCUT2D eigenvalue weighted by atomic mass is 10.2. The van der Waals surface area contributed by atoms with Crippen LogP contribution in [0.3, 0.4) is 0 Å². The van der Waals surface area contributed by atoms with E-state index in [2.05, 4.69) is 11.9 Å². The first-order valence-electron chi connectivity index (χ1n) is 6.80. The molecule has 1 amide bonds. The number of rotatable bonds is 5. The second-order valence-corrected chi connectivity index (χ2v) is 10.1. The SMILES string of the molecule is C=CCNC(=O)c1cc(S(=O)(=O)C2CCS(=O)(=O)C2)ccc1Cl. The average Bonchev–Trinajstić information content (AvgIpc) is 2.86. The molecule has 1 aromatic rings. The molecule has 1 unspecified atom stereocenters. The quantitative estimate of drug-likeness (QED) is 0.778. The maximum atomic E-state index is 12.6. The van der Waals surface area contributed by atoms with E-state index in [1.807, 2.05) is 0 Å². The van der Waals surface area contributed by atoms with Crippen LogP contribution in [0.1, 0.15) is 16.8 Å². The number of sulfone groups is 2. The number of hydrogen-bond donors (Lipinski definition) is 1. The van der Waals surface area contributed by atoms with Crippen molar-refractivity contribution < 1.29 is 21.6 Å². The molecular weight excluding hydrogens is 362 g/mol. The molecule has 0 aliphatic carbocycles. The fourth-order valence-electron chi connectivity index (χ4n) is 2.31. The zero-order valence-electron chi connectivity index (χ0n) is 12.2. The lowest BCUT2D eigenvalue weighted by Gasteiger charge is -2.12. The predicted molar refractivity (Wildman–Crippen MR) is 88.2 cm³/mol. The highest BCUT2D eigenvalue weighted by atomic mass is 35.5. The van der Waals surface area contributed by atoms with Crippen molar-refractivity contribution in [1.82, 2.24) is 5.32 Å². The minimum Gasteiger partial charge on any atom is -0.349 e. The van der Waals surface area contributed by atoms with Gasteiger partial charge in [0.25, 0.3) is 5.91 Å². The fourth-order valence-corrected chi connectivity index (χ4v) is 6.90. The van der Waals surface area contributed by atoms with E-state index in [4.69, 9.17) is 11.6 Å². The van der Waals surface area contributed by atoms with Gasteiger partial charge in [-0.2, -0.15) is 0 Å². The van der Waals surface area contributed by atoms with Crippen LogP contribution in [0.4, 0.5) is 0 Å². The van der Waals surface area contributed by atoms with Crippen molar-refractivity contribution in [2.45, 2.75) is 16.6 Å². The number of carbonyl (C=O) groups excluding carboxylic acids is 1. The van der Waals surface area contributed by atoms with E-state index >= 15 is 0 Å². The van der Waals surface area contributed by atoms with Gasteiger partial charge in [0.1, 0.15) is 0 Å². The van der Waals surface area contributed by atoms with Gasteiger partial charge in [0.05, 0.1) is 32.2 Å². The minimum absolute atomic E-state index is 0.0236. The highest BCUT2D eigenvalue weighted by molar-refractivity contribution is 7.96. The Morgan fingerprint density at radius 2 is 2.13 bits per heavy atom. The molecule has 1 atom stereocenters. The maximum absolute atomic E-state index is 12.6. The first-order valence-corrected chi connectivity index (χ1v) is 10.5. The van der Waals surface area contributed by atoms with Crippen molar-refractivity contribution in [2.75, 3.05) is 18.1 Å². The molecule has 0 bridgehead atoms. The summed E-state index contributed by atoms with van der Waals surface area (Å²) in [5, 5.41) is 1.65. The van der Waals surface area contributed by atoms with E-state index in [1.54, 1.807) is 0 Å². The highest BCUT2D eigenvalue weighted by Gasteiger charge is 2.38. The number of nitrogens with one attached hydrogen (secondary N) is 1. The molecule has 1 N–H and O–H groups in total. The summed E-state index contributed by atoms with van der Waals surface area (Å²) in [6, 6.07) is 3.79. The van der Waals surface area contributed by atoms with Crippen molar-refractivity contribution in [1.29, 1.82) is 0 Å². The van der Waals surface area contributed by atoms with Crippen molar-refractivity contribution in [2.24, 2.45) is 0 Å². The van der Waals surface area contributed by atoms with E-state index in [-0.39, 0.29) is 34.2 Å². The lowest BCUT2D eigenvalue weighted by molar-refractivity contribution is 0.0958. The third kappa shape index (κ3) is 3.94. The van der Waals surface area contributed by atoms with Gasteiger partial charge in [-0.25, -0.2) is 16.8 Å². The molecule has 1 saturated heterocycles. The number of halogens is 1. The van der Waals surface area contributed by atoms with Crippen LogP contribution in [-0.4, -0.2) is 46.0 Å². The van der Waals surface area contributed by atoms with Crippen LogP contribution in [-0.2, 0) is 19.7 Å². The van der Waals surface area contributed by atoms with Crippen LogP contribution >= 0.6 is 11.6 Å². The molecular formula is C14H16ClNO5S2. The first kappa shape index (κ1) is 18.0. The highest BCUT2D eigenvalue weighted by Crippen LogP contribution is 2.28. The van der Waals surface area contributed by atoms with E-state index < -0.39 is 36.6 Å². The molecule has 0 saturated carbocycles. The summed E-state index contributed by atoms with van der Waals surface area (Å²) >= 11 is 5.95. The van der Waals surface area contributed by atoms with E-state index in [9.17, 15) is 21.6 Å². The van der Waals surface area contributed by atoms with Gasteiger partial charge in [-0.3, -0.25) is 4.79 Å². The van der Waals surface area contributed by atoms with Crippen LogP contribution in [0, 0.1) is 0 Å². The Labute approximate surface area is 140 Å². The Kier molecular flexibility index (Phi) is 5.17. The molecule has 2 rings (SSSR count). The Balaban J connectivity index is 2.37. The molecule has 9 heteroatoms. The molecule has 1 fully saturated rings. The van der Waals surface area contributed by atoms with Gasteiger partial charge in [-0.1, -0.05) is 17.7 Å². The summed E-state index contributed by atoms with van der Waals surface area (Å²) in [7, 11) is -7.17. The molecule has 0 spiro atoms. The Morgan fingerprint density at radius 3 is 2.70 bits per heavy atom. The Hall–Kier alpha value is -1.38. The van der Waals surface area contributed by atoms with Crippen LogP contribution in [0.25, 0.3) is 0 Å². The van der Waals surface area contributed by atoms with E-state index in [1.165, 1.54) is 24.3 Å². The smallest absolute Gasteiger partial charge is 0.253 e. The van der Waals surface area contributed by atoms with Crippen LogP contribution < -0.4 is 5.32 Å². The minimum atomic E-state index is -3.84. The van der Waals surface area contributed by atoms with Gasteiger partial charge in [-0.05, 0) is 24.6 Å². The van der Waals surface area contributed by atoms with Crippen molar-refractivity contribution in [3.8, 4) is 0 Å². The average molecular weight is 378 g/mol. The molecule has 1 aliphatic heterocycles. The van der Waals surface area contributed by atoms with Gasteiger partial charge in [-0.15, -0.1) is 6.58 Å². The number of hydrogen-bond acceptors (Lipinski definition) is 5. The zero-order chi connectivity index (χ0) is 17.3. The van der Waals surface area contributed by atoms with E-state index in [0.29, 0.717) is 0 Å². The van der Waals surface area contributed by atoms with Crippen molar-refractivity contribution in [3.05, 3.63) is 41.4 Å². The number of amides is 1. The van der Waals surface area contributed by atoms with Gasteiger partial charge < -0.3 is 5.32 Å². The van der Waals surface area contributed by atoms with Crippen molar-refractivity contribution >= 4 is 37.2 Å². The number of benzene rings is 1. The third-order valence-electron chi connectivity index (χ3n) is 3.55. The van der Waals surface area contributed by atoms with Gasteiger partial charge in [0, 0.05) is 6.54 Å². The van der Waals surface area contributed by atoms with Gasteiger partial charge in [0.2, 0.25) is 0 Å². The summed E-state index contributed by atoms with van der Waals surface area (Å²) in [6.07, 6.45) is 1.54. The van der Waals surface area contributed by atoms with Crippen LogP contribution in [0.2, 0.25) is 5.02 Å². The maximum Gasteiger partial charge on any atom is 0.253 e. The summed E-state index contributed by atoms with van der Waals surface area (Å²) in [6.45, 7) is 3.69.